The monoisotopic (exact) mass is 440 g/mol. The predicted molar refractivity (Wildman–Crippen MR) is 111 cm³/mol. The fourth-order valence-corrected chi connectivity index (χ4v) is 3.37. The molecule has 0 aliphatic carbocycles. The van der Waals surface area contributed by atoms with Gasteiger partial charge in [0.2, 0.25) is 5.89 Å². The topological polar surface area (TPSA) is 55.1 Å². The zero-order chi connectivity index (χ0) is 19.0. The number of anilines is 1. The number of nitrogens with zero attached hydrogens (tertiary/aromatic N) is 1. The number of carbonyl (C=O) groups excluding carboxylic acids is 1. The van der Waals surface area contributed by atoms with Gasteiger partial charge in [-0.1, -0.05) is 45.7 Å². The van der Waals surface area contributed by atoms with Gasteiger partial charge in [0.05, 0.1) is 10.6 Å². The van der Waals surface area contributed by atoms with E-state index in [9.17, 15) is 4.79 Å². The van der Waals surface area contributed by atoms with Crippen LogP contribution in [0.1, 0.15) is 15.9 Å². The van der Waals surface area contributed by atoms with Gasteiger partial charge in [-0.05, 0) is 55.0 Å². The van der Waals surface area contributed by atoms with Crippen molar-refractivity contribution in [2.45, 2.75) is 6.92 Å². The standard InChI is InChI=1S/C21H14BrClN2O2/c1-12-4-2-3-5-15(12)20(26)24-14-7-9-19-18(11-14)25-21(27-19)16-10-13(22)6-8-17(16)23/h2-11H,1H3,(H,24,26). The van der Waals surface area contributed by atoms with Crippen molar-refractivity contribution in [3.63, 3.8) is 0 Å². The van der Waals surface area contributed by atoms with Crippen LogP contribution in [-0.4, -0.2) is 10.9 Å². The molecule has 1 N–H and O–H groups in total. The number of aromatic nitrogens is 1. The molecule has 0 aliphatic heterocycles. The Labute approximate surface area is 169 Å². The summed E-state index contributed by atoms with van der Waals surface area (Å²) in [6, 6.07) is 18.3. The Hall–Kier alpha value is -2.63. The van der Waals surface area contributed by atoms with Gasteiger partial charge in [0.1, 0.15) is 5.52 Å². The zero-order valence-electron chi connectivity index (χ0n) is 14.3. The van der Waals surface area contributed by atoms with E-state index in [4.69, 9.17) is 16.0 Å². The number of hydrogen-bond acceptors (Lipinski definition) is 3. The minimum absolute atomic E-state index is 0.161. The molecule has 134 valence electrons. The fourth-order valence-electron chi connectivity index (χ4n) is 2.81. The van der Waals surface area contributed by atoms with Crippen molar-refractivity contribution in [3.8, 4) is 11.5 Å². The Kier molecular flexibility index (Phi) is 4.72. The lowest BCUT2D eigenvalue weighted by molar-refractivity contribution is 0.102. The van der Waals surface area contributed by atoms with Gasteiger partial charge >= 0.3 is 0 Å². The maximum absolute atomic E-state index is 12.5. The number of halogens is 2. The van der Waals surface area contributed by atoms with Gasteiger partial charge in [0.25, 0.3) is 5.91 Å². The summed E-state index contributed by atoms with van der Waals surface area (Å²) in [5.41, 5.74) is 4.17. The summed E-state index contributed by atoms with van der Waals surface area (Å²) < 4.78 is 6.71. The number of nitrogens with one attached hydrogen (secondary N) is 1. The van der Waals surface area contributed by atoms with Gasteiger partial charge in [0.15, 0.2) is 5.58 Å². The maximum atomic E-state index is 12.5. The molecule has 0 radical (unpaired) electrons. The van der Waals surface area contributed by atoms with Gasteiger partial charge < -0.3 is 9.73 Å². The number of aryl methyl sites for hydroxylation is 1. The second kappa shape index (κ2) is 7.18. The molecule has 0 aliphatic rings. The van der Waals surface area contributed by atoms with Crippen LogP contribution in [-0.2, 0) is 0 Å². The predicted octanol–water partition coefficient (Wildman–Crippen LogP) is 6.47. The molecule has 1 heterocycles. The third-order valence-corrected chi connectivity index (χ3v) is 5.02. The fraction of sp³-hybridized carbons (Fsp3) is 0.0476. The molecule has 0 fully saturated rings. The van der Waals surface area contributed by atoms with Crippen molar-refractivity contribution in [2.24, 2.45) is 0 Å². The highest BCUT2D eigenvalue weighted by Gasteiger charge is 2.14. The summed E-state index contributed by atoms with van der Waals surface area (Å²) in [6.45, 7) is 1.91. The summed E-state index contributed by atoms with van der Waals surface area (Å²) in [4.78, 5) is 17.0. The Morgan fingerprint density at radius 2 is 1.93 bits per heavy atom. The summed E-state index contributed by atoms with van der Waals surface area (Å²) >= 11 is 9.69. The van der Waals surface area contributed by atoms with Gasteiger partial charge in [-0.25, -0.2) is 4.98 Å². The molecule has 0 saturated heterocycles. The van der Waals surface area contributed by atoms with Crippen LogP contribution in [0.15, 0.2) is 69.6 Å². The third-order valence-electron chi connectivity index (χ3n) is 4.19. The highest BCUT2D eigenvalue weighted by atomic mass is 79.9. The molecule has 4 nitrogen and oxygen atoms in total. The lowest BCUT2D eigenvalue weighted by Gasteiger charge is -2.07. The number of amides is 1. The molecule has 3 aromatic carbocycles. The summed E-state index contributed by atoms with van der Waals surface area (Å²) in [7, 11) is 0. The molecule has 27 heavy (non-hydrogen) atoms. The average Bonchev–Trinajstić information content (AvgIpc) is 3.07. The van der Waals surface area contributed by atoms with Gasteiger partial charge in [-0.3, -0.25) is 4.79 Å². The van der Waals surface area contributed by atoms with E-state index in [1.54, 1.807) is 30.3 Å². The molecule has 1 amide bonds. The Morgan fingerprint density at radius 1 is 1.11 bits per heavy atom. The van der Waals surface area contributed by atoms with Crippen molar-refractivity contribution in [2.75, 3.05) is 5.32 Å². The second-order valence-electron chi connectivity index (χ2n) is 6.09. The van der Waals surface area contributed by atoms with Crippen LogP contribution in [0.5, 0.6) is 0 Å². The SMILES string of the molecule is Cc1ccccc1C(=O)Nc1ccc2oc(-c3cc(Br)ccc3Cl)nc2c1. The largest absolute Gasteiger partial charge is 0.436 e. The minimum Gasteiger partial charge on any atom is -0.436 e. The van der Waals surface area contributed by atoms with E-state index < -0.39 is 0 Å². The molecule has 0 saturated carbocycles. The van der Waals surface area contributed by atoms with E-state index in [1.807, 2.05) is 37.3 Å². The number of rotatable bonds is 3. The smallest absolute Gasteiger partial charge is 0.255 e. The van der Waals surface area contributed by atoms with E-state index in [1.165, 1.54) is 0 Å². The van der Waals surface area contributed by atoms with Gasteiger partial charge in [-0.15, -0.1) is 0 Å². The number of fused-ring (bicyclic) bond motifs is 1. The summed E-state index contributed by atoms with van der Waals surface area (Å²) in [5, 5.41) is 3.46. The van der Waals surface area contributed by atoms with Crippen LogP contribution in [0.2, 0.25) is 5.02 Å². The number of hydrogen-bond donors (Lipinski definition) is 1. The van der Waals surface area contributed by atoms with Gasteiger partial charge in [-0.2, -0.15) is 0 Å². The minimum atomic E-state index is -0.161. The van der Waals surface area contributed by atoms with Crippen LogP contribution < -0.4 is 5.32 Å². The molecule has 0 bridgehead atoms. The van der Waals surface area contributed by atoms with E-state index in [0.29, 0.717) is 38.8 Å². The molecule has 0 unspecified atom stereocenters. The van der Waals surface area contributed by atoms with Crippen LogP contribution in [0, 0.1) is 6.92 Å². The van der Waals surface area contributed by atoms with Crippen molar-refractivity contribution in [3.05, 3.63) is 81.3 Å². The number of benzene rings is 3. The van der Waals surface area contributed by atoms with Crippen LogP contribution in [0.4, 0.5) is 5.69 Å². The van der Waals surface area contributed by atoms with Crippen molar-refractivity contribution >= 4 is 50.2 Å². The third kappa shape index (κ3) is 3.61. The normalized spacial score (nSPS) is 10.9. The Balaban J connectivity index is 1.66. The molecular weight excluding hydrogens is 428 g/mol. The first-order chi connectivity index (χ1) is 13.0. The van der Waals surface area contributed by atoms with Crippen molar-refractivity contribution in [1.29, 1.82) is 0 Å². The van der Waals surface area contributed by atoms with E-state index >= 15 is 0 Å². The highest BCUT2D eigenvalue weighted by molar-refractivity contribution is 9.10. The molecule has 4 rings (SSSR count). The summed E-state index contributed by atoms with van der Waals surface area (Å²) in [6.07, 6.45) is 0. The average molecular weight is 442 g/mol. The first kappa shape index (κ1) is 17.8. The number of carbonyl (C=O) groups is 1. The van der Waals surface area contributed by atoms with Crippen LogP contribution in [0.25, 0.3) is 22.6 Å². The Bertz CT molecular complexity index is 1170. The highest BCUT2D eigenvalue weighted by Crippen LogP contribution is 2.33. The first-order valence-corrected chi connectivity index (χ1v) is 9.41. The Morgan fingerprint density at radius 3 is 2.74 bits per heavy atom. The maximum Gasteiger partial charge on any atom is 0.255 e. The second-order valence-corrected chi connectivity index (χ2v) is 7.42. The van der Waals surface area contributed by atoms with Crippen molar-refractivity contribution in [1.82, 2.24) is 4.98 Å². The van der Waals surface area contributed by atoms with Crippen molar-refractivity contribution < 1.29 is 9.21 Å². The molecule has 0 atom stereocenters. The molecular formula is C21H14BrClN2O2. The van der Waals surface area contributed by atoms with Crippen LogP contribution in [0.3, 0.4) is 0 Å². The van der Waals surface area contributed by atoms with E-state index in [-0.39, 0.29) is 5.91 Å². The lowest BCUT2D eigenvalue weighted by atomic mass is 10.1. The first-order valence-electron chi connectivity index (χ1n) is 8.24. The molecule has 1 aromatic heterocycles. The van der Waals surface area contributed by atoms with Gasteiger partial charge in [0, 0.05) is 15.7 Å². The molecule has 4 aromatic rings. The summed E-state index contributed by atoms with van der Waals surface area (Å²) in [5.74, 6) is 0.268. The van der Waals surface area contributed by atoms with E-state index in [0.717, 1.165) is 10.0 Å². The molecule has 6 heteroatoms. The zero-order valence-corrected chi connectivity index (χ0v) is 16.6. The quantitative estimate of drug-likeness (QED) is 0.396. The van der Waals surface area contributed by atoms with E-state index in [2.05, 4.69) is 26.2 Å². The lowest BCUT2D eigenvalue weighted by Crippen LogP contribution is -2.13. The number of oxazole rings is 1. The van der Waals surface area contributed by atoms with Crippen LogP contribution >= 0.6 is 27.5 Å². The molecule has 0 spiro atoms.